The molecule has 2 aliphatic rings. The second kappa shape index (κ2) is 7.14. The number of rotatable bonds is 3. The van der Waals surface area contributed by atoms with Gasteiger partial charge in [-0.05, 0) is 62.3 Å². The molecule has 128 valence electrons. The van der Waals surface area contributed by atoms with E-state index in [1.165, 1.54) is 6.07 Å². The van der Waals surface area contributed by atoms with E-state index in [1.807, 2.05) is 11.8 Å². The maximum absolute atomic E-state index is 13.8. The third-order valence-electron chi connectivity index (χ3n) is 4.90. The van der Waals surface area contributed by atoms with Crippen LogP contribution in [0.2, 0.25) is 0 Å². The Balaban J connectivity index is 0.00000192. The van der Waals surface area contributed by atoms with Gasteiger partial charge in [0.15, 0.2) is 0 Å². The molecule has 1 aromatic carbocycles. The van der Waals surface area contributed by atoms with Crippen LogP contribution in [0.25, 0.3) is 0 Å². The van der Waals surface area contributed by atoms with Gasteiger partial charge in [-0.3, -0.25) is 4.79 Å². The normalized spacial score (nSPS) is 28.0. The summed E-state index contributed by atoms with van der Waals surface area (Å²) < 4.78 is 27.1. The molecule has 1 amide bonds. The van der Waals surface area contributed by atoms with Gasteiger partial charge in [-0.15, -0.1) is 12.4 Å². The Bertz CT molecular complexity index is 582. The van der Waals surface area contributed by atoms with Crippen LogP contribution in [0.15, 0.2) is 18.2 Å². The van der Waals surface area contributed by atoms with Gasteiger partial charge in [0, 0.05) is 24.5 Å². The molecule has 3 nitrogen and oxygen atoms in total. The fourth-order valence-corrected chi connectivity index (χ4v) is 3.60. The summed E-state index contributed by atoms with van der Waals surface area (Å²) in [5, 5.41) is 0. The Morgan fingerprint density at radius 3 is 2.78 bits per heavy atom. The van der Waals surface area contributed by atoms with Crippen molar-refractivity contribution in [1.82, 2.24) is 4.90 Å². The van der Waals surface area contributed by atoms with Gasteiger partial charge in [0.2, 0.25) is 5.91 Å². The largest absolute Gasteiger partial charge is 0.338 e. The topological polar surface area (TPSA) is 46.3 Å². The third-order valence-corrected chi connectivity index (χ3v) is 4.90. The molecule has 4 unspecified atom stereocenters. The average Bonchev–Trinajstić information content (AvgIpc) is 3.29. The van der Waals surface area contributed by atoms with Gasteiger partial charge in [-0.25, -0.2) is 8.78 Å². The van der Waals surface area contributed by atoms with Crippen molar-refractivity contribution in [2.45, 2.75) is 50.6 Å². The van der Waals surface area contributed by atoms with Crippen molar-refractivity contribution in [3.63, 3.8) is 0 Å². The van der Waals surface area contributed by atoms with Crippen LogP contribution in [0, 0.1) is 17.6 Å². The summed E-state index contributed by atoms with van der Waals surface area (Å²) >= 11 is 0. The summed E-state index contributed by atoms with van der Waals surface area (Å²) in [7, 11) is 0. The molecule has 2 fully saturated rings. The molecule has 1 saturated heterocycles. The minimum atomic E-state index is -0.457. The Morgan fingerprint density at radius 2 is 2.09 bits per heavy atom. The first-order valence-corrected chi connectivity index (χ1v) is 8.00. The Morgan fingerprint density at radius 1 is 1.35 bits per heavy atom. The van der Waals surface area contributed by atoms with Crippen LogP contribution in [-0.4, -0.2) is 29.4 Å². The number of nitrogens with zero attached hydrogens (tertiary/aromatic N) is 1. The summed E-state index contributed by atoms with van der Waals surface area (Å²) in [6.07, 6.45) is 3.60. The van der Waals surface area contributed by atoms with E-state index < -0.39 is 11.6 Å². The predicted molar refractivity (Wildman–Crippen MR) is 87.5 cm³/mol. The Labute approximate surface area is 141 Å². The summed E-state index contributed by atoms with van der Waals surface area (Å²) in [6.45, 7) is 2.65. The number of likely N-dealkylation sites (tertiary alicyclic amines) is 1. The van der Waals surface area contributed by atoms with E-state index >= 15 is 0 Å². The molecule has 1 aromatic rings. The second-order valence-electron chi connectivity index (χ2n) is 6.57. The zero-order chi connectivity index (χ0) is 15.9. The fourth-order valence-electron chi connectivity index (χ4n) is 3.60. The number of nitrogens with two attached hydrogens (primary N) is 1. The predicted octanol–water partition coefficient (Wildman–Crippen LogP) is 3.22. The molecule has 3 rings (SSSR count). The number of benzene rings is 1. The van der Waals surface area contributed by atoms with Crippen LogP contribution < -0.4 is 5.73 Å². The zero-order valence-electron chi connectivity index (χ0n) is 13.2. The van der Waals surface area contributed by atoms with Gasteiger partial charge in [0.25, 0.3) is 0 Å². The highest BCUT2D eigenvalue weighted by atomic mass is 35.5. The maximum atomic E-state index is 13.8. The SMILES string of the molecule is CC(N)C1CCCCN1C(=O)C1CC1c1cc(F)ccc1F.Cl. The molecule has 23 heavy (non-hydrogen) atoms. The van der Waals surface area contributed by atoms with Crippen LogP contribution in [0.3, 0.4) is 0 Å². The van der Waals surface area contributed by atoms with Crippen LogP contribution in [0.1, 0.15) is 44.1 Å². The second-order valence-corrected chi connectivity index (χ2v) is 6.57. The van der Waals surface area contributed by atoms with Crippen molar-refractivity contribution < 1.29 is 13.6 Å². The molecule has 6 heteroatoms. The number of piperidine rings is 1. The highest BCUT2D eigenvalue weighted by Crippen LogP contribution is 2.50. The molecule has 1 aliphatic carbocycles. The quantitative estimate of drug-likeness (QED) is 0.915. The van der Waals surface area contributed by atoms with E-state index in [0.29, 0.717) is 12.0 Å². The molecular formula is C17H23ClF2N2O. The van der Waals surface area contributed by atoms with Crippen molar-refractivity contribution in [3.8, 4) is 0 Å². The van der Waals surface area contributed by atoms with E-state index in [2.05, 4.69) is 0 Å². The molecule has 0 bridgehead atoms. The van der Waals surface area contributed by atoms with Gasteiger partial charge in [-0.2, -0.15) is 0 Å². The lowest BCUT2D eigenvalue weighted by Crippen LogP contribution is -2.52. The van der Waals surface area contributed by atoms with Crippen molar-refractivity contribution in [1.29, 1.82) is 0 Å². The van der Waals surface area contributed by atoms with Crippen LogP contribution in [0.5, 0.6) is 0 Å². The van der Waals surface area contributed by atoms with E-state index in [4.69, 9.17) is 5.73 Å². The summed E-state index contributed by atoms with van der Waals surface area (Å²) in [5.74, 6) is -1.25. The lowest BCUT2D eigenvalue weighted by atomic mass is 9.96. The number of hydrogen-bond acceptors (Lipinski definition) is 2. The number of carbonyl (C=O) groups is 1. The minimum absolute atomic E-state index is 0. The van der Waals surface area contributed by atoms with Crippen molar-refractivity contribution in [2.24, 2.45) is 11.7 Å². The van der Waals surface area contributed by atoms with Crippen molar-refractivity contribution in [2.75, 3.05) is 6.54 Å². The van der Waals surface area contributed by atoms with Crippen LogP contribution in [-0.2, 0) is 4.79 Å². The van der Waals surface area contributed by atoms with Crippen molar-refractivity contribution in [3.05, 3.63) is 35.4 Å². The van der Waals surface area contributed by atoms with E-state index in [-0.39, 0.29) is 42.2 Å². The molecule has 0 radical (unpaired) electrons. The zero-order valence-corrected chi connectivity index (χ0v) is 14.0. The first-order chi connectivity index (χ1) is 10.5. The van der Waals surface area contributed by atoms with Gasteiger partial charge in [-0.1, -0.05) is 0 Å². The lowest BCUT2D eigenvalue weighted by molar-refractivity contribution is -0.136. The molecule has 2 N–H and O–H groups in total. The van der Waals surface area contributed by atoms with Gasteiger partial charge >= 0.3 is 0 Å². The van der Waals surface area contributed by atoms with Gasteiger partial charge < -0.3 is 10.6 Å². The average molecular weight is 345 g/mol. The molecule has 0 aromatic heterocycles. The Hall–Kier alpha value is -1.20. The van der Waals surface area contributed by atoms with Crippen molar-refractivity contribution >= 4 is 18.3 Å². The van der Waals surface area contributed by atoms with E-state index in [9.17, 15) is 13.6 Å². The third kappa shape index (κ3) is 3.66. The number of amides is 1. The smallest absolute Gasteiger partial charge is 0.226 e. The van der Waals surface area contributed by atoms with Crippen LogP contribution in [0.4, 0.5) is 8.78 Å². The molecule has 1 heterocycles. The minimum Gasteiger partial charge on any atom is -0.338 e. The first-order valence-electron chi connectivity index (χ1n) is 8.00. The lowest BCUT2D eigenvalue weighted by Gasteiger charge is -2.38. The maximum Gasteiger partial charge on any atom is 0.226 e. The van der Waals surface area contributed by atoms with Crippen LogP contribution >= 0.6 is 12.4 Å². The van der Waals surface area contributed by atoms with Gasteiger partial charge in [0.1, 0.15) is 11.6 Å². The molecule has 1 saturated carbocycles. The molecule has 1 aliphatic heterocycles. The number of hydrogen-bond donors (Lipinski definition) is 1. The number of halogens is 3. The summed E-state index contributed by atoms with van der Waals surface area (Å²) in [4.78, 5) is 14.6. The summed E-state index contributed by atoms with van der Waals surface area (Å²) in [6, 6.07) is 3.46. The first kappa shape index (κ1) is 18.1. The highest BCUT2D eigenvalue weighted by Gasteiger charge is 2.48. The molecular weight excluding hydrogens is 322 g/mol. The number of carbonyl (C=O) groups excluding carboxylic acids is 1. The monoisotopic (exact) mass is 344 g/mol. The Kier molecular flexibility index (Phi) is 5.63. The standard InChI is InChI=1S/C17H22F2N2O.ClH/c1-10(20)16-4-2-3-7-21(16)17(22)14-9-12(14)13-8-11(18)5-6-15(13)19;/h5-6,8,10,12,14,16H,2-4,7,9,20H2,1H3;1H. The van der Waals surface area contributed by atoms with Gasteiger partial charge in [0.05, 0.1) is 0 Å². The van der Waals surface area contributed by atoms with E-state index in [1.54, 1.807) is 0 Å². The van der Waals surface area contributed by atoms with E-state index in [0.717, 1.165) is 37.9 Å². The molecule has 0 spiro atoms. The molecule has 4 atom stereocenters. The summed E-state index contributed by atoms with van der Waals surface area (Å²) in [5.41, 5.74) is 6.33. The fraction of sp³-hybridized carbons (Fsp3) is 0.588. The highest BCUT2D eigenvalue weighted by molar-refractivity contribution is 5.85.